The summed E-state index contributed by atoms with van der Waals surface area (Å²) in [5, 5.41) is 12.9. The Hall–Kier alpha value is -1.34. The molecule has 0 radical (unpaired) electrons. The molecule has 0 saturated heterocycles. The maximum absolute atomic E-state index is 10.5. The predicted octanol–water partition coefficient (Wildman–Crippen LogP) is 4.62. The molecule has 0 aromatic heterocycles. The molecule has 18 heavy (non-hydrogen) atoms. The van der Waals surface area contributed by atoms with Crippen molar-refractivity contribution in [3.05, 3.63) is 47.5 Å². The Balaban J connectivity index is 2.45. The third kappa shape index (κ3) is 2.56. The highest BCUT2D eigenvalue weighted by molar-refractivity contribution is 5.87. The van der Waals surface area contributed by atoms with Crippen LogP contribution in [0.2, 0.25) is 0 Å². The molecule has 96 valence electrons. The highest BCUT2D eigenvalue weighted by Crippen LogP contribution is 2.31. The molecular weight excluding hydrogens is 220 g/mol. The number of fused-ring (bicyclic) bond motifs is 1. The molecule has 2 unspecified atom stereocenters. The summed E-state index contributed by atoms with van der Waals surface area (Å²) >= 11 is 0. The van der Waals surface area contributed by atoms with Crippen LogP contribution >= 0.6 is 0 Å². The van der Waals surface area contributed by atoms with E-state index in [9.17, 15) is 5.11 Å². The number of hydrogen-bond acceptors (Lipinski definition) is 1. The van der Waals surface area contributed by atoms with Crippen LogP contribution < -0.4 is 0 Å². The van der Waals surface area contributed by atoms with Crippen LogP contribution in [0.25, 0.3) is 10.8 Å². The average molecular weight is 242 g/mol. The highest BCUT2D eigenvalue weighted by atomic mass is 16.3. The van der Waals surface area contributed by atoms with Crippen molar-refractivity contribution in [2.24, 2.45) is 5.92 Å². The standard InChI is InChI=1S/C17H22O/c1-4-12(2)11-16(18)17-13(3)9-10-14-7-5-6-8-15(14)17/h5-10,12,16,18H,4,11H2,1-3H3. The van der Waals surface area contributed by atoms with Gasteiger partial charge < -0.3 is 5.11 Å². The van der Waals surface area contributed by atoms with Gasteiger partial charge in [0.2, 0.25) is 0 Å². The van der Waals surface area contributed by atoms with E-state index in [1.165, 1.54) is 16.3 Å². The Labute approximate surface area is 109 Å². The van der Waals surface area contributed by atoms with Gasteiger partial charge in [0.1, 0.15) is 0 Å². The molecule has 0 spiro atoms. The zero-order valence-electron chi connectivity index (χ0n) is 11.5. The number of rotatable bonds is 4. The van der Waals surface area contributed by atoms with Gasteiger partial charge in [0.15, 0.2) is 0 Å². The molecule has 0 saturated carbocycles. The monoisotopic (exact) mass is 242 g/mol. The second kappa shape index (κ2) is 5.53. The van der Waals surface area contributed by atoms with Gasteiger partial charge in [0.25, 0.3) is 0 Å². The maximum Gasteiger partial charge on any atom is 0.0801 e. The van der Waals surface area contributed by atoms with E-state index in [4.69, 9.17) is 0 Å². The Kier molecular flexibility index (Phi) is 4.03. The second-order valence-corrected chi connectivity index (χ2v) is 5.28. The van der Waals surface area contributed by atoms with Gasteiger partial charge in [0.05, 0.1) is 6.10 Å². The molecule has 2 atom stereocenters. The number of aliphatic hydroxyl groups excluding tert-OH is 1. The fourth-order valence-electron chi connectivity index (χ4n) is 2.51. The minimum absolute atomic E-state index is 0.356. The Morgan fingerprint density at radius 2 is 1.83 bits per heavy atom. The predicted molar refractivity (Wildman–Crippen MR) is 77.7 cm³/mol. The van der Waals surface area contributed by atoms with Crippen molar-refractivity contribution >= 4 is 10.8 Å². The lowest BCUT2D eigenvalue weighted by Crippen LogP contribution is -2.06. The van der Waals surface area contributed by atoms with Crippen LogP contribution in [0.15, 0.2) is 36.4 Å². The molecule has 0 heterocycles. The summed E-state index contributed by atoms with van der Waals surface area (Å²) in [6, 6.07) is 12.5. The van der Waals surface area contributed by atoms with Crippen molar-refractivity contribution < 1.29 is 5.11 Å². The molecule has 0 amide bonds. The van der Waals surface area contributed by atoms with E-state index >= 15 is 0 Å². The van der Waals surface area contributed by atoms with Gasteiger partial charge in [-0.15, -0.1) is 0 Å². The molecule has 2 aromatic carbocycles. The molecule has 0 fully saturated rings. The first-order valence-electron chi connectivity index (χ1n) is 6.79. The van der Waals surface area contributed by atoms with E-state index in [-0.39, 0.29) is 6.10 Å². The van der Waals surface area contributed by atoms with E-state index < -0.39 is 0 Å². The first-order valence-corrected chi connectivity index (χ1v) is 6.79. The molecule has 0 aliphatic rings. The average Bonchev–Trinajstić information content (AvgIpc) is 2.38. The number of aliphatic hydroxyl groups is 1. The minimum Gasteiger partial charge on any atom is -0.388 e. The number of aryl methyl sites for hydroxylation is 1. The Morgan fingerprint density at radius 3 is 2.56 bits per heavy atom. The SMILES string of the molecule is CCC(C)CC(O)c1c(C)ccc2ccccc12. The first-order chi connectivity index (χ1) is 8.63. The maximum atomic E-state index is 10.5. The molecule has 2 aromatic rings. The number of benzene rings is 2. The molecule has 1 nitrogen and oxygen atoms in total. The zero-order chi connectivity index (χ0) is 13.1. The third-order valence-electron chi connectivity index (χ3n) is 3.84. The second-order valence-electron chi connectivity index (χ2n) is 5.28. The summed E-state index contributed by atoms with van der Waals surface area (Å²) in [5.41, 5.74) is 2.29. The lowest BCUT2D eigenvalue weighted by atomic mass is 9.90. The van der Waals surface area contributed by atoms with Crippen molar-refractivity contribution in [3.8, 4) is 0 Å². The number of hydrogen-bond donors (Lipinski definition) is 1. The first kappa shape index (κ1) is 13.1. The molecule has 1 heteroatoms. The van der Waals surface area contributed by atoms with Crippen LogP contribution in [0.5, 0.6) is 0 Å². The summed E-state index contributed by atoms with van der Waals surface area (Å²) in [5.74, 6) is 0.554. The zero-order valence-corrected chi connectivity index (χ0v) is 11.5. The lowest BCUT2D eigenvalue weighted by Gasteiger charge is -2.19. The Bertz CT molecular complexity index is 530. The summed E-state index contributed by atoms with van der Waals surface area (Å²) < 4.78 is 0. The van der Waals surface area contributed by atoms with Gasteiger partial charge in [-0.05, 0) is 41.2 Å². The van der Waals surface area contributed by atoms with Crippen molar-refractivity contribution in [1.29, 1.82) is 0 Å². The normalized spacial score (nSPS) is 14.7. The topological polar surface area (TPSA) is 20.2 Å². The van der Waals surface area contributed by atoms with Crippen LogP contribution in [0.1, 0.15) is 43.9 Å². The van der Waals surface area contributed by atoms with Crippen LogP contribution in [-0.2, 0) is 0 Å². The molecule has 1 N–H and O–H groups in total. The third-order valence-corrected chi connectivity index (χ3v) is 3.84. The lowest BCUT2D eigenvalue weighted by molar-refractivity contribution is 0.147. The van der Waals surface area contributed by atoms with E-state index in [0.29, 0.717) is 5.92 Å². The summed E-state index contributed by atoms with van der Waals surface area (Å²) in [4.78, 5) is 0. The van der Waals surface area contributed by atoms with Crippen molar-refractivity contribution in [3.63, 3.8) is 0 Å². The van der Waals surface area contributed by atoms with Gasteiger partial charge >= 0.3 is 0 Å². The highest BCUT2D eigenvalue weighted by Gasteiger charge is 2.16. The van der Waals surface area contributed by atoms with Crippen LogP contribution in [-0.4, -0.2) is 5.11 Å². The van der Waals surface area contributed by atoms with E-state index in [0.717, 1.165) is 18.4 Å². The van der Waals surface area contributed by atoms with Crippen LogP contribution in [0.4, 0.5) is 0 Å². The Morgan fingerprint density at radius 1 is 1.11 bits per heavy atom. The van der Waals surface area contributed by atoms with Gasteiger partial charge in [0, 0.05) is 0 Å². The quantitative estimate of drug-likeness (QED) is 0.829. The fourth-order valence-corrected chi connectivity index (χ4v) is 2.51. The largest absolute Gasteiger partial charge is 0.388 e. The van der Waals surface area contributed by atoms with Gasteiger partial charge in [-0.2, -0.15) is 0 Å². The van der Waals surface area contributed by atoms with Crippen LogP contribution in [0.3, 0.4) is 0 Å². The fraction of sp³-hybridized carbons (Fsp3) is 0.412. The molecule has 0 aliphatic heterocycles. The smallest absolute Gasteiger partial charge is 0.0801 e. The van der Waals surface area contributed by atoms with Gasteiger partial charge in [-0.1, -0.05) is 56.7 Å². The van der Waals surface area contributed by atoms with E-state index in [1.807, 2.05) is 12.1 Å². The molecular formula is C17H22O. The van der Waals surface area contributed by atoms with Gasteiger partial charge in [-0.3, -0.25) is 0 Å². The van der Waals surface area contributed by atoms with E-state index in [1.54, 1.807) is 0 Å². The molecule has 0 aliphatic carbocycles. The van der Waals surface area contributed by atoms with Crippen molar-refractivity contribution in [2.75, 3.05) is 0 Å². The van der Waals surface area contributed by atoms with Crippen molar-refractivity contribution in [2.45, 2.75) is 39.7 Å². The molecule has 2 rings (SSSR count). The van der Waals surface area contributed by atoms with Crippen molar-refractivity contribution in [1.82, 2.24) is 0 Å². The van der Waals surface area contributed by atoms with Gasteiger partial charge in [-0.25, -0.2) is 0 Å². The minimum atomic E-state index is -0.356. The summed E-state index contributed by atoms with van der Waals surface area (Å²) in [7, 11) is 0. The van der Waals surface area contributed by atoms with E-state index in [2.05, 4.69) is 45.0 Å². The molecule has 0 bridgehead atoms. The summed E-state index contributed by atoms with van der Waals surface area (Å²) in [6.07, 6.45) is 1.60. The van der Waals surface area contributed by atoms with Crippen LogP contribution in [0, 0.1) is 12.8 Å². The summed E-state index contributed by atoms with van der Waals surface area (Å²) in [6.45, 7) is 6.46.